The average Bonchev–Trinajstić information content (AvgIpc) is 2.31. The number of rotatable bonds is 7. The van der Waals surface area contributed by atoms with Crippen LogP contribution < -0.4 is 5.32 Å². The Kier molecular flexibility index (Phi) is 5.98. The van der Waals surface area contributed by atoms with Crippen LogP contribution in [0.2, 0.25) is 0 Å². The summed E-state index contributed by atoms with van der Waals surface area (Å²) in [7, 11) is 4.16. The van der Waals surface area contributed by atoms with Crippen molar-refractivity contribution in [3.8, 4) is 0 Å². The van der Waals surface area contributed by atoms with E-state index in [1.165, 1.54) is 5.69 Å². The molecular weight excluding hydrogens is 210 g/mol. The highest BCUT2D eigenvalue weighted by Crippen LogP contribution is 2.21. The van der Waals surface area contributed by atoms with Gasteiger partial charge in [0.25, 0.3) is 0 Å². The normalized spacial score (nSPS) is 11.2. The molecule has 0 aliphatic carbocycles. The minimum absolute atomic E-state index is 0.589. The molecule has 0 aromatic carbocycles. The predicted octanol–water partition coefficient (Wildman–Crippen LogP) is 2.96. The molecule has 0 atom stereocenters. The first-order valence-electron chi connectivity index (χ1n) is 6.52. The van der Waals surface area contributed by atoms with Crippen LogP contribution >= 0.6 is 0 Å². The standard InChI is InChI=1S/C14H25N3/c1-5-12(6-2)13-8-7-9-14(16-13)15-10-11-17(3)4/h7-9,12H,5-6,10-11H2,1-4H3,(H,15,16). The van der Waals surface area contributed by atoms with E-state index in [1.54, 1.807) is 0 Å². The Balaban J connectivity index is 2.59. The number of nitrogens with one attached hydrogen (secondary N) is 1. The van der Waals surface area contributed by atoms with Crippen LogP contribution in [-0.4, -0.2) is 37.1 Å². The first-order valence-corrected chi connectivity index (χ1v) is 6.52. The monoisotopic (exact) mass is 235 g/mol. The first-order chi connectivity index (χ1) is 8.17. The molecule has 1 aromatic heterocycles. The number of aromatic nitrogens is 1. The summed E-state index contributed by atoms with van der Waals surface area (Å²) in [5.41, 5.74) is 1.21. The predicted molar refractivity (Wildman–Crippen MR) is 74.6 cm³/mol. The fourth-order valence-corrected chi connectivity index (χ4v) is 1.89. The van der Waals surface area contributed by atoms with Gasteiger partial charge in [-0.25, -0.2) is 4.98 Å². The zero-order valence-electron chi connectivity index (χ0n) is 11.5. The van der Waals surface area contributed by atoms with Gasteiger partial charge in [0, 0.05) is 24.7 Å². The second kappa shape index (κ2) is 7.28. The van der Waals surface area contributed by atoms with Crippen molar-refractivity contribution in [2.24, 2.45) is 0 Å². The minimum Gasteiger partial charge on any atom is -0.369 e. The van der Waals surface area contributed by atoms with Crippen LogP contribution in [0.15, 0.2) is 18.2 Å². The number of hydrogen-bond acceptors (Lipinski definition) is 3. The molecular formula is C14H25N3. The SMILES string of the molecule is CCC(CC)c1cccc(NCCN(C)C)n1. The number of anilines is 1. The molecule has 0 fully saturated rings. The Hall–Kier alpha value is -1.09. The Labute approximate surface area is 105 Å². The van der Waals surface area contributed by atoms with Crippen molar-refractivity contribution in [1.29, 1.82) is 0 Å². The van der Waals surface area contributed by atoms with Gasteiger partial charge in [-0.3, -0.25) is 0 Å². The summed E-state index contributed by atoms with van der Waals surface area (Å²) in [6.07, 6.45) is 2.31. The summed E-state index contributed by atoms with van der Waals surface area (Å²) in [6.45, 7) is 6.41. The minimum atomic E-state index is 0.589. The molecule has 96 valence electrons. The van der Waals surface area contributed by atoms with E-state index in [9.17, 15) is 0 Å². The van der Waals surface area contributed by atoms with Crippen LogP contribution in [0.5, 0.6) is 0 Å². The second-order valence-electron chi connectivity index (χ2n) is 4.69. The van der Waals surface area contributed by atoms with E-state index in [0.29, 0.717) is 5.92 Å². The van der Waals surface area contributed by atoms with Crippen molar-refractivity contribution in [3.05, 3.63) is 23.9 Å². The van der Waals surface area contributed by atoms with Gasteiger partial charge < -0.3 is 10.2 Å². The van der Waals surface area contributed by atoms with Crippen LogP contribution in [0.1, 0.15) is 38.3 Å². The summed E-state index contributed by atoms with van der Waals surface area (Å²) in [4.78, 5) is 6.85. The maximum absolute atomic E-state index is 4.68. The van der Waals surface area contributed by atoms with E-state index in [1.807, 2.05) is 6.07 Å². The molecule has 1 aromatic rings. The van der Waals surface area contributed by atoms with Crippen molar-refractivity contribution < 1.29 is 0 Å². The molecule has 0 aliphatic heterocycles. The lowest BCUT2D eigenvalue weighted by atomic mass is 9.99. The molecule has 1 heterocycles. The van der Waals surface area contributed by atoms with Crippen LogP contribution in [0.25, 0.3) is 0 Å². The number of hydrogen-bond donors (Lipinski definition) is 1. The van der Waals surface area contributed by atoms with Crippen LogP contribution in [0.4, 0.5) is 5.82 Å². The van der Waals surface area contributed by atoms with Gasteiger partial charge in [-0.15, -0.1) is 0 Å². The first kappa shape index (κ1) is 14.0. The lowest BCUT2D eigenvalue weighted by molar-refractivity contribution is 0.425. The molecule has 0 amide bonds. The molecule has 1 rings (SSSR count). The largest absolute Gasteiger partial charge is 0.369 e. The topological polar surface area (TPSA) is 28.2 Å². The van der Waals surface area contributed by atoms with E-state index in [2.05, 4.69) is 55.3 Å². The van der Waals surface area contributed by atoms with Crippen molar-refractivity contribution >= 4 is 5.82 Å². The van der Waals surface area contributed by atoms with Gasteiger partial charge in [-0.05, 0) is 39.1 Å². The summed E-state index contributed by atoms with van der Waals surface area (Å²) >= 11 is 0. The number of likely N-dealkylation sites (N-methyl/N-ethyl adjacent to an activating group) is 1. The van der Waals surface area contributed by atoms with Crippen LogP contribution in [0, 0.1) is 0 Å². The van der Waals surface area contributed by atoms with Gasteiger partial charge >= 0.3 is 0 Å². The van der Waals surface area contributed by atoms with E-state index < -0.39 is 0 Å². The molecule has 0 unspecified atom stereocenters. The highest BCUT2D eigenvalue weighted by molar-refractivity contribution is 5.36. The lowest BCUT2D eigenvalue weighted by Crippen LogP contribution is -2.21. The molecule has 3 nitrogen and oxygen atoms in total. The van der Waals surface area contributed by atoms with Crippen molar-refractivity contribution in [2.75, 3.05) is 32.5 Å². The molecule has 17 heavy (non-hydrogen) atoms. The maximum atomic E-state index is 4.68. The van der Waals surface area contributed by atoms with E-state index >= 15 is 0 Å². The second-order valence-corrected chi connectivity index (χ2v) is 4.69. The van der Waals surface area contributed by atoms with Gasteiger partial charge in [0.05, 0.1) is 0 Å². The summed E-state index contributed by atoms with van der Waals surface area (Å²) in [5.74, 6) is 1.59. The quantitative estimate of drug-likeness (QED) is 0.787. The highest BCUT2D eigenvalue weighted by Gasteiger charge is 2.08. The zero-order chi connectivity index (χ0) is 12.7. The van der Waals surface area contributed by atoms with Crippen molar-refractivity contribution in [1.82, 2.24) is 9.88 Å². The zero-order valence-corrected chi connectivity index (χ0v) is 11.5. The fourth-order valence-electron chi connectivity index (χ4n) is 1.89. The molecule has 0 bridgehead atoms. The molecule has 0 radical (unpaired) electrons. The molecule has 0 saturated heterocycles. The number of nitrogens with zero attached hydrogens (tertiary/aromatic N) is 2. The van der Waals surface area contributed by atoms with Crippen molar-refractivity contribution in [3.63, 3.8) is 0 Å². The fraction of sp³-hybridized carbons (Fsp3) is 0.643. The number of pyridine rings is 1. The van der Waals surface area contributed by atoms with E-state index in [4.69, 9.17) is 0 Å². The summed E-state index contributed by atoms with van der Waals surface area (Å²) < 4.78 is 0. The lowest BCUT2D eigenvalue weighted by Gasteiger charge is -2.14. The summed E-state index contributed by atoms with van der Waals surface area (Å²) in [6, 6.07) is 6.27. The Bertz CT molecular complexity index is 319. The van der Waals surface area contributed by atoms with Gasteiger partial charge in [-0.1, -0.05) is 19.9 Å². The van der Waals surface area contributed by atoms with Gasteiger partial charge in [-0.2, -0.15) is 0 Å². The Morgan fingerprint density at radius 3 is 2.53 bits per heavy atom. The van der Waals surface area contributed by atoms with E-state index in [0.717, 1.165) is 31.7 Å². The van der Waals surface area contributed by atoms with Gasteiger partial charge in [0.2, 0.25) is 0 Å². The third kappa shape index (κ3) is 4.73. The third-order valence-electron chi connectivity index (χ3n) is 3.04. The van der Waals surface area contributed by atoms with Gasteiger partial charge in [0.1, 0.15) is 5.82 Å². The van der Waals surface area contributed by atoms with E-state index in [-0.39, 0.29) is 0 Å². The molecule has 0 aliphatic rings. The highest BCUT2D eigenvalue weighted by atomic mass is 15.1. The third-order valence-corrected chi connectivity index (χ3v) is 3.04. The Morgan fingerprint density at radius 2 is 1.94 bits per heavy atom. The van der Waals surface area contributed by atoms with Crippen LogP contribution in [-0.2, 0) is 0 Å². The average molecular weight is 235 g/mol. The van der Waals surface area contributed by atoms with Crippen molar-refractivity contribution in [2.45, 2.75) is 32.6 Å². The Morgan fingerprint density at radius 1 is 1.24 bits per heavy atom. The molecule has 0 spiro atoms. The van der Waals surface area contributed by atoms with Gasteiger partial charge in [0.15, 0.2) is 0 Å². The molecule has 0 saturated carbocycles. The van der Waals surface area contributed by atoms with Crippen LogP contribution in [0.3, 0.4) is 0 Å². The maximum Gasteiger partial charge on any atom is 0.126 e. The molecule has 3 heteroatoms. The summed E-state index contributed by atoms with van der Waals surface area (Å²) in [5, 5.41) is 3.37. The molecule has 1 N–H and O–H groups in total. The smallest absolute Gasteiger partial charge is 0.126 e.